The van der Waals surface area contributed by atoms with Crippen molar-refractivity contribution in [2.24, 2.45) is 0 Å². The van der Waals surface area contributed by atoms with E-state index in [0.717, 1.165) is 46.2 Å². The number of aromatic amines is 1. The van der Waals surface area contributed by atoms with E-state index in [9.17, 15) is 14.3 Å². The monoisotopic (exact) mass is 436 g/mol. The minimum atomic E-state index is -0.793. The lowest BCUT2D eigenvalue weighted by Gasteiger charge is -2.21. The first-order valence-corrected chi connectivity index (χ1v) is 11.2. The van der Waals surface area contributed by atoms with Crippen LogP contribution in [0.3, 0.4) is 0 Å². The number of rotatable bonds is 8. The van der Waals surface area contributed by atoms with Crippen molar-refractivity contribution < 1.29 is 14.3 Å². The Balaban J connectivity index is 2.08. The molecule has 0 unspecified atom stereocenters. The smallest absolute Gasteiger partial charge is 0.303 e. The quantitative estimate of drug-likeness (QED) is 0.343. The molecule has 0 saturated carbocycles. The Hall–Kier alpha value is -3.22. The minimum Gasteiger partial charge on any atom is -0.481 e. The van der Waals surface area contributed by atoms with E-state index in [1.807, 2.05) is 6.07 Å². The second-order valence-electron chi connectivity index (χ2n) is 8.80. The van der Waals surface area contributed by atoms with Gasteiger partial charge in [-0.3, -0.25) is 9.89 Å². The summed E-state index contributed by atoms with van der Waals surface area (Å²) in [4.78, 5) is 16.3. The van der Waals surface area contributed by atoms with Gasteiger partial charge in [0.15, 0.2) is 5.65 Å². The summed E-state index contributed by atoms with van der Waals surface area (Å²) in [5, 5.41) is 17.3. The Morgan fingerprint density at radius 3 is 2.69 bits per heavy atom. The summed E-state index contributed by atoms with van der Waals surface area (Å²) in [6.07, 6.45) is 4.22. The Morgan fingerprint density at radius 1 is 1.25 bits per heavy atom. The number of aryl methyl sites for hydroxylation is 1. The molecule has 0 fully saturated rings. The average Bonchev–Trinajstić information content (AvgIpc) is 3.33. The van der Waals surface area contributed by atoms with E-state index < -0.39 is 5.97 Å². The van der Waals surface area contributed by atoms with Crippen LogP contribution in [0.25, 0.3) is 27.8 Å². The van der Waals surface area contributed by atoms with Gasteiger partial charge in [0.25, 0.3) is 0 Å². The summed E-state index contributed by atoms with van der Waals surface area (Å²) < 4.78 is 16.2. The number of hydrogen-bond acceptors (Lipinski definition) is 3. The van der Waals surface area contributed by atoms with Crippen LogP contribution >= 0.6 is 0 Å². The molecule has 3 aromatic heterocycles. The number of H-pyrrole nitrogens is 1. The summed E-state index contributed by atoms with van der Waals surface area (Å²) in [5.74, 6) is -0.812. The number of carbonyl (C=O) groups is 1. The second kappa shape index (κ2) is 8.73. The van der Waals surface area contributed by atoms with Gasteiger partial charge in [-0.15, -0.1) is 0 Å². The molecular formula is C25H29FN4O2. The van der Waals surface area contributed by atoms with Crippen LogP contribution in [0, 0.1) is 12.7 Å². The third kappa shape index (κ3) is 3.87. The summed E-state index contributed by atoms with van der Waals surface area (Å²) >= 11 is 0. The Morgan fingerprint density at radius 2 is 2.03 bits per heavy atom. The van der Waals surface area contributed by atoms with E-state index in [1.165, 1.54) is 6.07 Å². The van der Waals surface area contributed by atoms with Gasteiger partial charge in [0.05, 0.1) is 17.2 Å². The van der Waals surface area contributed by atoms with E-state index in [1.54, 1.807) is 19.2 Å². The molecule has 7 heteroatoms. The lowest BCUT2D eigenvalue weighted by atomic mass is 9.87. The molecular weight excluding hydrogens is 407 g/mol. The number of carboxylic acid groups (broad SMARTS) is 1. The summed E-state index contributed by atoms with van der Waals surface area (Å²) in [7, 11) is 0. The molecule has 32 heavy (non-hydrogen) atoms. The van der Waals surface area contributed by atoms with Crippen LogP contribution in [0.2, 0.25) is 0 Å². The average molecular weight is 437 g/mol. The van der Waals surface area contributed by atoms with E-state index in [2.05, 4.69) is 41.6 Å². The third-order valence-electron chi connectivity index (χ3n) is 6.12. The molecule has 1 aromatic carbocycles. The SMILES string of the molecule is CCC[C@H](CCC(=O)O)c1c(C(C)C)n(-c2ccc(F)c(C)c2)c2cc3cn[nH]c3nc12. The van der Waals surface area contributed by atoms with E-state index in [-0.39, 0.29) is 24.1 Å². The number of nitrogens with zero attached hydrogens (tertiary/aromatic N) is 3. The molecule has 0 bridgehead atoms. The van der Waals surface area contributed by atoms with Crippen LogP contribution < -0.4 is 0 Å². The van der Waals surface area contributed by atoms with E-state index in [4.69, 9.17) is 4.98 Å². The second-order valence-corrected chi connectivity index (χ2v) is 8.80. The first kappa shape index (κ1) is 22.0. The fourth-order valence-electron chi connectivity index (χ4n) is 4.71. The van der Waals surface area contributed by atoms with Gasteiger partial charge in [0.1, 0.15) is 5.82 Å². The summed E-state index contributed by atoms with van der Waals surface area (Å²) in [6, 6.07) is 7.21. The maximum Gasteiger partial charge on any atom is 0.303 e. The number of fused-ring (bicyclic) bond motifs is 2. The van der Waals surface area contributed by atoms with Crippen molar-refractivity contribution >= 4 is 28.0 Å². The molecule has 0 aliphatic carbocycles. The van der Waals surface area contributed by atoms with Gasteiger partial charge in [0, 0.05) is 28.8 Å². The zero-order chi connectivity index (χ0) is 23.0. The van der Waals surface area contributed by atoms with Crippen LogP contribution in [0.5, 0.6) is 0 Å². The number of carboxylic acids is 1. The van der Waals surface area contributed by atoms with E-state index in [0.29, 0.717) is 17.6 Å². The number of hydrogen-bond donors (Lipinski definition) is 2. The predicted molar refractivity (Wildman–Crippen MR) is 124 cm³/mol. The van der Waals surface area contributed by atoms with Gasteiger partial charge >= 0.3 is 5.97 Å². The van der Waals surface area contributed by atoms with Crippen molar-refractivity contribution in [3.8, 4) is 5.69 Å². The van der Waals surface area contributed by atoms with Crippen LogP contribution in [-0.2, 0) is 4.79 Å². The number of pyridine rings is 1. The van der Waals surface area contributed by atoms with Crippen molar-refractivity contribution in [2.75, 3.05) is 0 Å². The number of aromatic nitrogens is 4. The first-order chi connectivity index (χ1) is 15.3. The van der Waals surface area contributed by atoms with Crippen LogP contribution in [-0.4, -0.2) is 30.8 Å². The molecule has 2 N–H and O–H groups in total. The minimum absolute atomic E-state index is 0.0617. The van der Waals surface area contributed by atoms with Gasteiger partial charge in [-0.25, -0.2) is 9.37 Å². The molecule has 0 aliphatic heterocycles. The highest BCUT2D eigenvalue weighted by atomic mass is 19.1. The molecule has 4 aromatic rings. The predicted octanol–water partition coefficient (Wildman–Crippen LogP) is 6.22. The molecule has 0 spiro atoms. The molecule has 0 aliphatic rings. The van der Waals surface area contributed by atoms with Crippen molar-refractivity contribution in [3.05, 3.63) is 53.1 Å². The fourth-order valence-corrected chi connectivity index (χ4v) is 4.71. The number of benzene rings is 1. The molecule has 0 radical (unpaired) electrons. The molecule has 0 saturated heterocycles. The standard InChI is InChI=1S/C25H29FN4O2/c1-5-6-16(7-10-21(31)32)22-23-20(12-17-13-27-29-25(17)28-23)30(24(22)14(2)3)18-8-9-19(26)15(4)11-18/h8-9,11-14,16H,5-7,10H2,1-4H3,(H,31,32)(H,27,28,29)/t16-/m1/s1. The fraction of sp³-hybridized carbons (Fsp3) is 0.400. The van der Waals surface area contributed by atoms with Crippen LogP contribution in [0.15, 0.2) is 30.5 Å². The first-order valence-electron chi connectivity index (χ1n) is 11.2. The normalized spacial score (nSPS) is 12.8. The highest BCUT2D eigenvalue weighted by Crippen LogP contribution is 2.41. The molecule has 6 nitrogen and oxygen atoms in total. The lowest BCUT2D eigenvalue weighted by molar-refractivity contribution is -0.137. The molecule has 3 heterocycles. The zero-order valence-electron chi connectivity index (χ0n) is 18.9. The molecule has 0 amide bonds. The van der Waals surface area contributed by atoms with Crippen molar-refractivity contribution in [2.45, 2.75) is 65.2 Å². The number of nitrogens with one attached hydrogen (secondary N) is 1. The largest absolute Gasteiger partial charge is 0.481 e. The number of aliphatic carboxylic acids is 1. The van der Waals surface area contributed by atoms with Crippen molar-refractivity contribution in [3.63, 3.8) is 0 Å². The lowest BCUT2D eigenvalue weighted by Crippen LogP contribution is -2.09. The Kier molecular flexibility index (Phi) is 6.00. The third-order valence-corrected chi connectivity index (χ3v) is 6.12. The maximum atomic E-state index is 14.1. The van der Waals surface area contributed by atoms with Crippen LogP contribution in [0.1, 0.15) is 75.1 Å². The molecule has 4 rings (SSSR count). The van der Waals surface area contributed by atoms with E-state index >= 15 is 0 Å². The summed E-state index contributed by atoms with van der Waals surface area (Å²) in [6.45, 7) is 8.15. The highest BCUT2D eigenvalue weighted by molar-refractivity contribution is 5.93. The van der Waals surface area contributed by atoms with Crippen LogP contribution in [0.4, 0.5) is 4.39 Å². The topological polar surface area (TPSA) is 83.8 Å². The van der Waals surface area contributed by atoms with Crippen molar-refractivity contribution in [1.29, 1.82) is 0 Å². The Labute approximate surface area is 186 Å². The zero-order valence-corrected chi connectivity index (χ0v) is 18.9. The maximum absolute atomic E-state index is 14.1. The highest BCUT2D eigenvalue weighted by Gasteiger charge is 2.28. The van der Waals surface area contributed by atoms with Crippen molar-refractivity contribution in [1.82, 2.24) is 19.7 Å². The van der Waals surface area contributed by atoms with Gasteiger partial charge in [-0.1, -0.05) is 27.2 Å². The van der Waals surface area contributed by atoms with Gasteiger partial charge in [-0.05, 0) is 61.4 Å². The summed E-state index contributed by atoms with van der Waals surface area (Å²) in [5.41, 5.74) is 6.14. The number of halogens is 1. The van der Waals surface area contributed by atoms with Gasteiger partial charge < -0.3 is 9.67 Å². The molecule has 168 valence electrons. The molecule has 1 atom stereocenters. The van der Waals surface area contributed by atoms with Gasteiger partial charge in [-0.2, -0.15) is 5.10 Å². The Bertz CT molecular complexity index is 1290. The van der Waals surface area contributed by atoms with Gasteiger partial charge in [0.2, 0.25) is 0 Å².